The Morgan fingerprint density at radius 1 is 0.966 bits per heavy atom. The molecule has 0 bridgehead atoms. The molecule has 1 aliphatic heterocycles. The Balaban J connectivity index is 1.37. The lowest BCUT2D eigenvalue weighted by Gasteiger charge is -2.36. The summed E-state index contributed by atoms with van der Waals surface area (Å²) in [5.41, 5.74) is 1.88. The van der Waals surface area contributed by atoms with E-state index in [9.17, 15) is 9.18 Å². The van der Waals surface area contributed by atoms with Gasteiger partial charge in [-0.15, -0.1) is 0 Å². The van der Waals surface area contributed by atoms with E-state index in [-0.39, 0.29) is 11.7 Å². The average Bonchev–Trinajstić information content (AvgIpc) is 2.79. The number of ether oxygens (including phenoxy) is 1. The van der Waals surface area contributed by atoms with Crippen molar-refractivity contribution in [3.8, 4) is 5.88 Å². The van der Waals surface area contributed by atoms with Gasteiger partial charge < -0.3 is 14.5 Å². The molecule has 3 aromatic rings. The summed E-state index contributed by atoms with van der Waals surface area (Å²) in [5, 5.41) is 0. The number of nitrogens with zero attached hydrogens (tertiary/aromatic N) is 4. The highest BCUT2D eigenvalue weighted by Gasteiger charge is 2.24. The molecule has 4 rings (SSSR count). The standard InChI is InChI=1S/C22H21FN4O2/c23-18-8-4-5-9-20(18)26-10-12-27(13-11-26)22(28)19-14-21(25-16-24-19)29-15-17-6-2-1-3-7-17/h1-9,14,16H,10-13,15H2. The summed E-state index contributed by atoms with van der Waals surface area (Å²) in [6, 6.07) is 18.0. The molecule has 0 unspecified atom stereocenters. The largest absolute Gasteiger partial charge is 0.473 e. The number of carbonyl (C=O) groups is 1. The van der Waals surface area contributed by atoms with E-state index in [4.69, 9.17) is 4.74 Å². The van der Waals surface area contributed by atoms with Gasteiger partial charge in [0.1, 0.15) is 24.4 Å². The third-order valence-electron chi connectivity index (χ3n) is 4.85. The Labute approximate surface area is 168 Å². The third-order valence-corrected chi connectivity index (χ3v) is 4.85. The highest BCUT2D eigenvalue weighted by molar-refractivity contribution is 5.92. The fourth-order valence-corrected chi connectivity index (χ4v) is 3.29. The Bertz CT molecular complexity index is 975. The third kappa shape index (κ3) is 4.51. The van der Waals surface area contributed by atoms with E-state index >= 15 is 0 Å². The van der Waals surface area contributed by atoms with Crippen LogP contribution in [-0.2, 0) is 6.61 Å². The molecule has 1 aliphatic rings. The summed E-state index contributed by atoms with van der Waals surface area (Å²) in [6.45, 7) is 2.49. The summed E-state index contributed by atoms with van der Waals surface area (Å²) in [5.74, 6) is -0.0642. The van der Waals surface area contributed by atoms with E-state index in [0.717, 1.165) is 5.56 Å². The van der Waals surface area contributed by atoms with Gasteiger partial charge in [0, 0.05) is 32.2 Å². The van der Waals surface area contributed by atoms with E-state index in [2.05, 4.69) is 9.97 Å². The minimum absolute atomic E-state index is 0.176. The Kier molecular flexibility index (Phi) is 5.65. The van der Waals surface area contributed by atoms with Gasteiger partial charge >= 0.3 is 0 Å². The van der Waals surface area contributed by atoms with Crippen molar-refractivity contribution in [3.05, 3.63) is 84.1 Å². The molecule has 6 nitrogen and oxygen atoms in total. The first-order chi connectivity index (χ1) is 14.2. The fraction of sp³-hybridized carbons (Fsp3) is 0.227. The van der Waals surface area contributed by atoms with Gasteiger partial charge in [0.2, 0.25) is 5.88 Å². The summed E-state index contributed by atoms with van der Waals surface area (Å²) >= 11 is 0. The number of benzene rings is 2. The molecule has 7 heteroatoms. The SMILES string of the molecule is O=C(c1cc(OCc2ccccc2)ncn1)N1CCN(c2ccccc2F)CC1. The summed E-state index contributed by atoms with van der Waals surface area (Å²) < 4.78 is 19.7. The second kappa shape index (κ2) is 8.68. The van der Waals surface area contributed by atoms with Crippen LogP contribution < -0.4 is 9.64 Å². The van der Waals surface area contributed by atoms with Crippen molar-refractivity contribution < 1.29 is 13.9 Å². The highest BCUT2D eigenvalue weighted by Crippen LogP contribution is 2.21. The maximum atomic E-state index is 14.0. The molecule has 148 valence electrons. The minimum Gasteiger partial charge on any atom is -0.473 e. The van der Waals surface area contributed by atoms with E-state index < -0.39 is 0 Å². The Morgan fingerprint density at radius 3 is 2.45 bits per heavy atom. The van der Waals surface area contributed by atoms with Crippen molar-refractivity contribution in [2.45, 2.75) is 6.61 Å². The topological polar surface area (TPSA) is 58.6 Å². The van der Waals surface area contributed by atoms with Gasteiger partial charge in [-0.2, -0.15) is 0 Å². The van der Waals surface area contributed by atoms with Gasteiger partial charge in [0.05, 0.1) is 5.69 Å². The monoisotopic (exact) mass is 392 g/mol. The highest BCUT2D eigenvalue weighted by atomic mass is 19.1. The van der Waals surface area contributed by atoms with Crippen molar-refractivity contribution >= 4 is 11.6 Å². The minimum atomic E-state index is -0.247. The molecule has 0 atom stereocenters. The lowest BCUT2D eigenvalue weighted by molar-refractivity contribution is 0.0739. The van der Waals surface area contributed by atoms with Gasteiger partial charge in [-0.05, 0) is 17.7 Å². The predicted octanol–water partition coefficient (Wildman–Crippen LogP) is 3.16. The quantitative estimate of drug-likeness (QED) is 0.668. The van der Waals surface area contributed by atoms with Crippen molar-refractivity contribution in [1.82, 2.24) is 14.9 Å². The van der Waals surface area contributed by atoms with Gasteiger partial charge in [-0.3, -0.25) is 4.79 Å². The number of carbonyl (C=O) groups excluding carboxylic acids is 1. The zero-order chi connectivity index (χ0) is 20.1. The van der Waals surface area contributed by atoms with Crippen LogP contribution in [0.25, 0.3) is 0 Å². The van der Waals surface area contributed by atoms with Crippen LogP contribution >= 0.6 is 0 Å². The number of halogens is 1. The van der Waals surface area contributed by atoms with E-state index in [1.165, 1.54) is 12.4 Å². The van der Waals surface area contributed by atoms with Crippen LogP contribution in [0.2, 0.25) is 0 Å². The smallest absolute Gasteiger partial charge is 0.272 e. The summed E-state index contributed by atoms with van der Waals surface area (Å²) in [6.07, 6.45) is 1.34. The molecule has 1 saturated heterocycles. The fourth-order valence-electron chi connectivity index (χ4n) is 3.29. The number of piperazine rings is 1. The maximum Gasteiger partial charge on any atom is 0.272 e. The molecule has 2 heterocycles. The lowest BCUT2D eigenvalue weighted by atomic mass is 10.2. The maximum absolute atomic E-state index is 14.0. The number of anilines is 1. The Hall–Kier alpha value is -3.48. The summed E-state index contributed by atoms with van der Waals surface area (Å²) in [7, 11) is 0. The zero-order valence-corrected chi connectivity index (χ0v) is 15.9. The first kappa shape index (κ1) is 18.9. The second-order valence-electron chi connectivity index (χ2n) is 6.75. The van der Waals surface area contributed by atoms with Crippen molar-refractivity contribution in [2.24, 2.45) is 0 Å². The van der Waals surface area contributed by atoms with Crippen molar-refractivity contribution in [1.29, 1.82) is 0 Å². The number of hydrogen-bond donors (Lipinski definition) is 0. The van der Waals surface area contributed by atoms with Gasteiger partial charge in [-0.1, -0.05) is 42.5 Å². The van der Waals surface area contributed by atoms with E-state index in [1.54, 1.807) is 23.1 Å². The first-order valence-corrected chi connectivity index (χ1v) is 9.48. The molecule has 1 aromatic heterocycles. The number of amides is 1. The van der Waals surface area contributed by atoms with Gasteiger partial charge in [0.15, 0.2) is 0 Å². The molecule has 0 aliphatic carbocycles. The van der Waals surface area contributed by atoms with Crippen LogP contribution in [0.15, 0.2) is 67.0 Å². The summed E-state index contributed by atoms with van der Waals surface area (Å²) in [4.78, 5) is 24.7. The van der Waals surface area contributed by atoms with Crippen LogP contribution in [0.4, 0.5) is 10.1 Å². The van der Waals surface area contributed by atoms with Gasteiger partial charge in [-0.25, -0.2) is 14.4 Å². The molecule has 0 radical (unpaired) electrons. The number of aromatic nitrogens is 2. The van der Waals surface area contributed by atoms with Crippen LogP contribution in [0.3, 0.4) is 0 Å². The average molecular weight is 392 g/mol. The van der Waals surface area contributed by atoms with Crippen molar-refractivity contribution in [2.75, 3.05) is 31.1 Å². The van der Waals surface area contributed by atoms with E-state index in [0.29, 0.717) is 50.0 Å². The van der Waals surface area contributed by atoms with Crippen LogP contribution in [-0.4, -0.2) is 47.0 Å². The second-order valence-corrected chi connectivity index (χ2v) is 6.75. The lowest BCUT2D eigenvalue weighted by Crippen LogP contribution is -2.49. The number of hydrogen-bond acceptors (Lipinski definition) is 5. The molecule has 1 fully saturated rings. The molecular weight excluding hydrogens is 371 g/mol. The first-order valence-electron chi connectivity index (χ1n) is 9.48. The van der Waals surface area contributed by atoms with Crippen molar-refractivity contribution in [3.63, 3.8) is 0 Å². The molecule has 29 heavy (non-hydrogen) atoms. The van der Waals surface area contributed by atoms with E-state index in [1.807, 2.05) is 41.3 Å². The molecule has 0 spiro atoms. The molecule has 0 saturated carbocycles. The number of para-hydroxylation sites is 1. The van der Waals surface area contributed by atoms with Gasteiger partial charge in [0.25, 0.3) is 5.91 Å². The normalized spacial score (nSPS) is 14.0. The Morgan fingerprint density at radius 2 is 1.69 bits per heavy atom. The predicted molar refractivity (Wildman–Crippen MR) is 107 cm³/mol. The van der Waals surface area contributed by atoms with Crippen LogP contribution in [0, 0.1) is 5.82 Å². The van der Waals surface area contributed by atoms with Crippen LogP contribution in [0.1, 0.15) is 16.1 Å². The number of rotatable bonds is 5. The zero-order valence-electron chi connectivity index (χ0n) is 15.9. The molecular formula is C22H21FN4O2. The molecule has 0 N–H and O–H groups in total. The van der Waals surface area contributed by atoms with Crippen LogP contribution in [0.5, 0.6) is 5.88 Å². The molecule has 2 aromatic carbocycles. The molecule has 1 amide bonds.